The molecule has 0 aliphatic heterocycles. The molecule has 0 aromatic carbocycles. The molecule has 0 bridgehead atoms. The summed E-state index contributed by atoms with van der Waals surface area (Å²) < 4.78 is 26.0. The Balaban J connectivity index is 3.07. The van der Waals surface area contributed by atoms with Crippen LogP contribution in [0.25, 0.3) is 0 Å². The Morgan fingerprint density at radius 3 is 2.76 bits per heavy atom. The van der Waals surface area contributed by atoms with Gasteiger partial charge in [0, 0.05) is 25.0 Å². The first-order valence-electron chi connectivity index (χ1n) is 5.24. The van der Waals surface area contributed by atoms with Gasteiger partial charge in [0.05, 0.1) is 0 Å². The molecule has 0 aliphatic carbocycles. The molecule has 1 rings (SSSR count). The van der Waals surface area contributed by atoms with Gasteiger partial charge in [-0.2, -0.15) is 4.31 Å². The molecule has 0 aliphatic rings. The third kappa shape index (κ3) is 3.16. The van der Waals surface area contributed by atoms with E-state index in [0.717, 1.165) is 10.4 Å². The number of nitrogens with zero attached hydrogens (tertiary/aromatic N) is 1. The van der Waals surface area contributed by atoms with E-state index >= 15 is 0 Å². The first-order chi connectivity index (χ1) is 7.93. The minimum absolute atomic E-state index is 0.320. The number of likely N-dealkylation sites (N-methyl/N-ethyl adjacent to an activating group) is 1. The average molecular weight is 274 g/mol. The smallest absolute Gasteiger partial charge is 0.252 e. The van der Waals surface area contributed by atoms with E-state index in [1.54, 1.807) is 19.2 Å². The summed E-state index contributed by atoms with van der Waals surface area (Å²) in [6, 6.07) is 1.73. The van der Waals surface area contributed by atoms with Gasteiger partial charge in [0.25, 0.3) is 10.0 Å². The van der Waals surface area contributed by atoms with Gasteiger partial charge in [-0.1, -0.05) is 6.08 Å². The summed E-state index contributed by atoms with van der Waals surface area (Å²) in [4.78, 5) is 1.05. The van der Waals surface area contributed by atoms with Crippen molar-refractivity contribution in [2.75, 3.05) is 20.6 Å². The lowest BCUT2D eigenvalue weighted by atomic mass is 10.3. The second kappa shape index (κ2) is 5.77. The van der Waals surface area contributed by atoms with E-state index in [1.807, 2.05) is 14.0 Å². The van der Waals surface area contributed by atoms with Crippen LogP contribution >= 0.6 is 11.3 Å². The Kier molecular flexibility index (Phi) is 4.88. The topological polar surface area (TPSA) is 49.4 Å². The Morgan fingerprint density at radius 2 is 2.24 bits per heavy atom. The van der Waals surface area contributed by atoms with Crippen LogP contribution in [0.4, 0.5) is 0 Å². The molecule has 0 saturated carbocycles. The molecule has 96 valence electrons. The molecular weight excluding hydrogens is 256 g/mol. The lowest BCUT2D eigenvalue weighted by molar-refractivity contribution is 0.501. The van der Waals surface area contributed by atoms with Crippen LogP contribution in [0.5, 0.6) is 0 Å². The standard InChI is InChI=1S/C11H18N2O2S2/c1-5-6-13(4)17(14,15)11-7-9(2)10(16-11)8-12-3/h5,7,12H,1,6,8H2,2-4H3. The van der Waals surface area contributed by atoms with Gasteiger partial charge < -0.3 is 5.32 Å². The highest BCUT2D eigenvalue weighted by molar-refractivity contribution is 7.91. The summed E-state index contributed by atoms with van der Waals surface area (Å²) in [6.45, 7) is 6.49. The quantitative estimate of drug-likeness (QED) is 0.801. The van der Waals surface area contributed by atoms with E-state index in [9.17, 15) is 8.42 Å². The summed E-state index contributed by atoms with van der Waals surface area (Å²) >= 11 is 1.32. The lowest BCUT2D eigenvalue weighted by Gasteiger charge is -2.13. The first kappa shape index (κ1) is 14.4. The fraction of sp³-hybridized carbons (Fsp3) is 0.455. The predicted molar refractivity (Wildman–Crippen MR) is 71.8 cm³/mol. The monoisotopic (exact) mass is 274 g/mol. The molecule has 17 heavy (non-hydrogen) atoms. The second-order valence-corrected chi connectivity index (χ2v) is 7.18. The van der Waals surface area contributed by atoms with E-state index in [1.165, 1.54) is 15.6 Å². The van der Waals surface area contributed by atoms with Gasteiger partial charge in [-0.3, -0.25) is 0 Å². The number of thiophene rings is 1. The van der Waals surface area contributed by atoms with Crippen LogP contribution in [-0.2, 0) is 16.6 Å². The largest absolute Gasteiger partial charge is 0.315 e. The van der Waals surface area contributed by atoms with E-state index in [-0.39, 0.29) is 0 Å². The van der Waals surface area contributed by atoms with Crippen molar-refractivity contribution in [2.45, 2.75) is 17.7 Å². The highest BCUT2D eigenvalue weighted by Gasteiger charge is 2.22. The number of hydrogen-bond acceptors (Lipinski definition) is 4. The molecular formula is C11H18N2O2S2. The van der Waals surface area contributed by atoms with Crippen LogP contribution in [0.3, 0.4) is 0 Å². The number of aryl methyl sites for hydroxylation is 1. The highest BCUT2D eigenvalue weighted by Crippen LogP contribution is 2.27. The van der Waals surface area contributed by atoms with E-state index in [0.29, 0.717) is 17.3 Å². The Bertz CT molecular complexity index is 492. The summed E-state index contributed by atoms with van der Waals surface area (Å²) in [5.74, 6) is 0. The minimum atomic E-state index is -3.37. The average Bonchev–Trinajstić information content (AvgIpc) is 2.62. The fourth-order valence-electron chi connectivity index (χ4n) is 1.39. The zero-order valence-corrected chi connectivity index (χ0v) is 12.0. The van der Waals surface area contributed by atoms with Crippen molar-refractivity contribution in [3.8, 4) is 0 Å². The molecule has 0 amide bonds. The van der Waals surface area contributed by atoms with Gasteiger partial charge >= 0.3 is 0 Å². The maximum absolute atomic E-state index is 12.2. The molecule has 0 unspecified atom stereocenters. The normalized spacial score (nSPS) is 12.0. The van der Waals surface area contributed by atoms with Gasteiger partial charge in [0.1, 0.15) is 4.21 Å². The molecule has 0 saturated heterocycles. The summed E-state index contributed by atoms with van der Waals surface area (Å²) in [5.41, 5.74) is 1.01. The van der Waals surface area contributed by atoms with Crippen molar-refractivity contribution >= 4 is 21.4 Å². The van der Waals surface area contributed by atoms with E-state index in [2.05, 4.69) is 11.9 Å². The number of sulfonamides is 1. The van der Waals surface area contributed by atoms with Gasteiger partial charge in [-0.15, -0.1) is 17.9 Å². The van der Waals surface area contributed by atoms with Crippen molar-refractivity contribution < 1.29 is 8.42 Å². The SMILES string of the molecule is C=CCN(C)S(=O)(=O)c1cc(C)c(CNC)s1. The molecule has 1 heterocycles. The number of rotatable bonds is 6. The predicted octanol–water partition coefficient (Wildman–Crippen LogP) is 1.58. The van der Waals surface area contributed by atoms with E-state index in [4.69, 9.17) is 0 Å². The third-order valence-electron chi connectivity index (χ3n) is 2.39. The summed E-state index contributed by atoms with van der Waals surface area (Å²) in [7, 11) is 0.0355. The highest BCUT2D eigenvalue weighted by atomic mass is 32.2. The van der Waals surface area contributed by atoms with Crippen LogP contribution in [0, 0.1) is 6.92 Å². The molecule has 0 fully saturated rings. The van der Waals surface area contributed by atoms with Gasteiger partial charge in [-0.25, -0.2) is 8.42 Å². The van der Waals surface area contributed by atoms with Crippen molar-refractivity contribution in [1.82, 2.24) is 9.62 Å². The van der Waals surface area contributed by atoms with Crippen molar-refractivity contribution in [2.24, 2.45) is 0 Å². The molecule has 0 radical (unpaired) electrons. The minimum Gasteiger partial charge on any atom is -0.315 e. The Hall–Kier alpha value is -0.690. The first-order valence-corrected chi connectivity index (χ1v) is 7.50. The molecule has 4 nitrogen and oxygen atoms in total. The molecule has 1 N–H and O–H groups in total. The number of nitrogens with one attached hydrogen (secondary N) is 1. The van der Waals surface area contributed by atoms with Crippen LogP contribution in [0.1, 0.15) is 10.4 Å². The van der Waals surface area contributed by atoms with Crippen LogP contribution in [0.2, 0.25) is 0 Å². The lowest BCUT2D eigenvalue weighted by Crippen LogP contribution is -2.26. The molecule has 1 aromatic rings. The Morgan fingerprint density at radius 1 is 1.59 bits per heavy atom. The van der Waals surface area contributed by atoms with Crippen LogP contribution < -0.4 is 5.32 Å². The summed E-state index contributed by atoms with van der Waals surface area (Å²) in [5, 5.41) is 3.03. The van der Waals surface area contributed by atoms with E-state index < -0.39 is 10.0 Å². The number of hydrogen-bond donors (Lipinski definition) is 1. The van der Waals surface area contributed by atoms with Crippen LogP contribution in [0.15, 0.2) is 22.9 Å². The maximum atomic E-state index is 12.2. The molecule has 6 heteroatoms. The van der Waals surface area contributed by atoms with Gasteiger partial charge in [-0.05, 0) is 25.6 Å². The van der Waals surface area contributed by atoms with Crippen molar-refractivity contribution in [1.29, 1.82) is 0 Å². The van der Waals surface area contributed by atoms with Gasteiger partial charge in [0.2, 0.25) is 0 Å². The Labute approximate surface area is 107 Å². The maximum Gasteiger partial charge on any atom is 0.252 e. The molecule has 1 aromatic heterocycles. The third-order valence-corrected chi connectivity index (χ3v) is 5.90. The zero-order chi connectivity index (χ0) is 13.1. The van der Waals surface area contributed by atoms with Crippen LogP contribution in [-0.4, -0.2) is 33.4 Å². The zero-order valence-electron chi connectivity index (χ0n) is 10.4. The van der Waals surface area contributed by atoms with Gasteiger partial charge in [0.15, 0.2) is 0 Å². The fourth-order valence-corrected chi connectivity index (χ4v) is 4.34. The molecule has 0 atom stereocenters. The van der Waals surface area contributed by atoms with Crippen molar-refractivity contribution in [3.05, 3.63) is 29.2 Å². The van der Waals surface area contributed by atoms with Crippen molar-refractivity contribution in [3.63, 3.8) is 0 Å². The molecule has 0 spiro atoms. The second-order valence-electron chi connectivity index (χ2n) is 3.78. The summed E-state index contributed by atoms with van der Waals surface area (Å²) in [6.07, 6.45) is 1.58.